The van der Waals surface area contributed by atoms with Gasteiger partial charge in [-0.1, -0.05) is 69.3 Å². The molecule has 198 valence electrons. The first-order chi connectivity index (χ1) is 17.9. The molecule has 4 atom stereocenters. The Bertz CT molecular complexity index is 1300. The largest absolute Gasteiger partial charge is 0.341 e. The van der Waals surface area contributed by atoms with Crippen LogP contribution in [0.15, 0.2) is 54.6 Å². The van der Waals surface area contributed by atoms with Crippen LogP contribution in [0, 0.1) is 16.7 Å². The van der Waals surface area contributed by atoms with E-state index in [0.29, 0.717) is 5.69 Å². The van der Waals surface area contributed by atoms with Gasteiger partial charge in [-0.15, -0.1) is 0 Å². The van der Waals surface area contributed by atoms with Gasteiger partial charge in [-0.3, -0.25) is 19.2 Å². The summed E-state index contributed by atoms with van der Waals surface area (Å²) in [7, 11) is 0. The highest BCUT2D eigenvalue weighted by Gasteiger charge is 2.56. The van der Waals surface area contributed by atoms with Gasteiger partial charge in [-0.25, -0.2) is 0 Å². The molecule has 9 heteroatoms. The summed E-state index contributed by atoms with van der Waals surface area (Å²) < 4.78 is 0. The Hall–Kier alpha value is -4.19. The second-order valence-corrected chi connectivity index (χ2v) is 11.3. The number of hydrogen-bond acceptors (Lipinski definition) is 5. The second kappa shape index (κ2) is 10.3. The monoisotopic (exact) mass is 515 g/mol. The smallest absolute Gasteiger partial charge is 0.309 e. The van der Waals surface area contributed by atoms with Crippen LogP contribution >= 0.6 is 0 Å². The maximum atomic E-state index is 13.8. The predicted octanol–water partition coefficient (Wildman–Crippen LogP) is 2.80. The highest BCUT2D eigenvalue weighted by molar-refractivity contribution is 6.35. The summed E-state index contributed by atoms with van der Waals surface area (Å²) in [6, 6.07) is 16.4. The quantitative estimate of drug-likeness (QED) is 0.527. The van der Waals surface area contributed by atoms with Gasteiger partial charge >= 0.3 is 11.8 Å². The van der Waals surface area contributed by atoms with E-state index >= 15 is 0 Å². The minimum absolute atomic E-state index is 0.0145. The molecule has 4 amide bonds. The zero-order valence-electron chi connectivity index (χ0n) is 22.1. The lowest BCUT2D eigenvalue weighted by Crippen LogP contribution is -2.54. The van der Waals surface area contributed by atoms with Crippen molar-refractivity contribution in [2.24, 2.45) is 5.41 Å². The molecule has 0 radical (unpaired) electrons. The fourth-order valence-electron chi connectivity index (χ4n) is 5.31. The molecule has 9 nitrogen and oxygen atoms in total. The summed E-state index contributed by atoms with van der Waals surface area (Å²) in [5.74, 6) is -2.52. The van der Waals surface area contributed by atoms with Crippen LogP contribution in [0.2, 0.25) is 0 Å². The number of carbonyl (C=O) groups is 4. The zero-order valence-corrected chi connectivity index (χ0v) is 22.1. The van der Waals surface area contributed by atoms with Crippen molar-refractivity contribution in [3.8, 4) is 6.07 Å². The van der Waals surface area contributed by atoms with Gasteiger partial charge in [-0.05, 0) is 36.0 Å². The second-order valence-electron chi connectivity index (χ2n) is 11.3. The molecule has 2 aromatic carbocycles. The van der Waals surface area contributed by atoms with Gasteiger partial charge in [0.1, 0.15) is 12.1 Å². The lowest BCUT2D eigenvalue weighted by atomic mass is 9.80. The highest BCUT2D eigenvalue weighted by atomic mass is 16.2. The number of hydrogen-bond donors (Lipinski definition) is 3. The van der Waals surface area contributed by atoms with Crippen molar-refractivity contribution in [3.63, 3.8) is 0 Å². The van der Waals surface area contributed by atoms with E-state index in [1.807, 2.05) is 69.3 Å². The van der Waals surface area contributed by atoms with Crippen LogP contribution in [0.4, 0.5) is 5.69 Å². The van der Waals surface area contributed by atoms with Crippen molar-refractivity contribution in [3.05, 3.63) is 65.7 Å². The molecule has 0 aliphatic carbocycles. The first-order valence-corrected chi connectivity index (χ1v) is 12.7. The lowest BCUT2D eigenvalue weighted by Gasteiger charge is -2.31. The van der Waals surface area contributed by atoms with E-state index in [1.54, 1.807) is 13.0 Å². The van der Waals surface area contributed by atoms with Gasteiger partial charge in [0.05, 0.1) is 17.5 Å². The fourth-order valence-corrected chi connectivity index (χ4v) is 5.31. The fraction of sp³-hybridized carbons (Fsp3) is 0.414. The Balaban J connectivity index is 1.54. The van der Waals surface area contributed by atoms with Gasteiger partial charge < -0.3 is 20.9 Å². The molecule has 1 fully saturated rings. The minimum Gasteiger partial charge on any atom is -0.341 e. The first kappa shape index (κ1) is 26.9. The molecule has 2 aliphatic heterocycles. The van der Waals surface area contributed by atoms with Crippen LogP contribution in [0.25, 0.3) is 0 Å². The third-order valence-electron chi connectivity index (χ3n) is 7.19. The Morgan fingerprint density at radius 1 is 1.08 bits per heavy atom. The van der Waals surface area contributed by atoms with Gasteiger partial charge in [0.2, 0.25) is 11.8 Å². The number of nitrogens with zero attached hydrogens (tertiary/aromatic N) is 2. The maximum Gasteiger partial charge on any atom is 0.309 e. The van der Waals surface area contributed by atoms with Crippen LogP contribution in [-0.4, -0.2) is 47.2 Å². The predicted molar refractivity (Wildman–Crippen MR) is 141 cm³/mol. The summed E-state index contributed by atoms with van der Waals surface area (Å²) in [6.45, 7) is 7.55. The van der Waals surface area contributed by atoms with E-state index in [0.717, 1.165) is 11.1 Å². The van der Waals surface area contributed by atoms with Crippen molar-refractivity contribution in [1.29, 1.82) is 5.26 Å². The molecule has 3 N–H and O–H groups in total. The average molecular weight is 516 g/mol. The Labute approximate surface area is 222 Å². The van der Waals surface area contributed by atoms with E-state index in [-0.39, 0.29) is 30.7 Å². The molecule has 0 bridgehead atoms. The number of para-hydroxylation sites is 1. The highest BCUT2D eigenvalue weighted by Crippen LogP contribution is 2.46. The SMILES string of the molecule is CC(NC(=O)C(=O)N[C@@H](CC(C)(C)C)C(=O)N1C[C@]2(C[C@H]1C#N)C(=O)Nc1ccccc12)c1ccccc1. The Morgan fingerprint density at radius 3 is 2.37 bits per heavy atom. The number of anilines is 1. The number of nitrogens with one attached hydrogen (secondary N) is 3. The molecule has 2 aromatic rings. The number of benzene rings is 2. The standard InChI is InChI=1S/C29H33N5O4/c1-18(19-10-6-5-7-11-19)31-24(35)25(36)32-23(15-28(2,3)4)26(37)34-17-29(14-20(34)16-30)21-12-8-9-13-22(21)33-27(29)38/h5-13,18,20,23H,14-15,17H2,1-4H3,(H,31,35)(H,32,36)(H,33,38)/t18?,20-,23-,29-/m0/s1. The first-order valence-electron chi connectivity index (χ1n) is 12.7. The number of likely N-dealkylation sites (tertiary alicyclic amines) is 1. The Morgan fingerprint density at radius 2 is 1.71 bits per heavy atom. The number of fused-ring (bicyclic) bond motifs is 2. The third-order valence-corrected chi connectivity index (χ3v) is 7.19. The van der Waals surface area contributed by atoms with Crippen LogP contribution < -0.4 is 16.0 Å². The zero-order chi connectivity index (χ0) is 27.7. The number of amides is 4. The molecule has 1 spiro atoms. The summed E-state index contributed by atoms with van der Waals surface area (Å²) in [5, 5.41) is 18.1. The van der Waals surface area contributed by atoms with Crippen LogP contribution in [0.5, 0.6) is 0 Å². The topological polar surface area (TPSA) is 131 Å². The van der Waals surface area contributed by atoms with E-state index in [1.165, 1.54) is 4.90 Å². The summed E-state index contributed by atoms with van der Waals surface area (Å²) in [5.41, 5.74) is 0.854. The molecule has 1 saturated heterocycles. The van der Waals surface area contributed by atoms with E-state index in [9.17, 15) is 24.4 Å². The van der Waals surface area contributed by atoms with Crippen LogP contribution in [-0.2, 0) is 24.6 Å². The summed E-state index contributed by atoms with van der Waals surface area (Å²) >= 11 is 0. The molecule has 2 heterocycles. The van der Waals surface area contributed by atoms with Crippen molar-refractivity contribution in [2.45, 2.75) is 64.1 Å². The van der Waals surface area contributed by atoms with Gasteiger partial charge in [0, 0.05) is 18.7 Å². The van der Waals surface area contributed by atoms with Gasteiger partial charge in [-0.2, -0.15) is 5.26 Å². The van der Waals surface area contributed by atoms with Gasteiger partial charge in [0.25, 0.3) is 0 Å². The van der Waals surface area contributed by atoms with Crippen LogP contribution in [0.1, 0.15) is 57.7 Å². The molecule has 1 unspecified atom stereocenters. The van der Waals surface area contributed by atoms with Crippen molar-refractivity contribution in [1.82, 2.24) is 15.5 Å². The van der Waals surface area contributed by atoms with E-state index < -0.39 is 41.3 Å². The van der Waals surface area contributed by atoms with Crippen molar-refractivity contribution < 1.29 is 19.2 Å². The van der Waals surface area contributed by atoms with Crippen LogP contribution in [0.3, 0.4) is 0 Å². The van der Waals surface area contributed by atoms with E-state index in [2.05, 4.69) is 22.0 Å². The summed E-state index contributed by atoms with van der Waals surface area (Å²) in [6.07, 6.45) is 0.396. The Kier molecular flexibility index (Phi) is 7.27. The maximum absolute atomic E-state index is 13.8. The molecule has 38 heavy (non-hydrogen) atoms. The molecule has 2 aliphatic rings. The normalized spacial score (nSPS) is 21.7. The number of nitriles is 1. The molecule has 0 saturated carbocycles. The third kappa shape index (κ3) is 5.25. The van der Waals surface area contributed by atoms with E-state index in [4.69, 9.17) is 0 Å². The summed E-state index contributed by atoms with van der Waals surface area (Å²) in [4.78, 5) is 54.0. The number of carbonyl (C=O) groups excluding carboxylic acids is 4. The van der Waals surface area contributed by atoms with Crippen molar-refractivity contribution in [2.75, 3.05) is 11.9 Å². The molecular weight excluding hydrogens is 482 g/mol. The van der Waals surface area contributed by atoms with Gasteiger partial charge in [0.15, 0.2) is 0 Å². The lowest BCUT2D eigenvalue weighted by molar-refractivity contribution is -0.143. The molecular formula is C29H33N5O4. The minimum atomic E-state index is -1.05. The number of rotatable bonds is 5. The average Bonchev–Trinajstić information content (AvgIpc) is 3.40. The molecule has 0 aromatic heterocycles. The van der Waals surface area contributed by atoms with Crippen molar-refractivity contribution >= 4 is 29.3 Å². The molecule has 4 rings (SSSR count).